The van der Waals surface area contributed by atoms with Crippen LogP contribution in [0.2, 0.25) is 0 Å². The summed E-state index contributed by atoms with van der Waals surface area (Å²) < 4.78 is 0. The summed E-state index contributed by atoms with van der Waals surface area (Å²) in [5.41, 5.74) is 0.579. The van der Waals surface area contributed by atoms with E-state index in [1.807, 2.05) is 0 Å². The predicted molar refractivity (Wildman–Crippen MR) is 67.9 cm³/mol. The Kier molecular flexibility index (Phi) is 6.24. The highest BCUT2D eigenvalue weighted by Gasteiger charge is 2.24. The third-order valence-electron chi connectivity index (χ3n) is 1.70. The molecule has 0 aliphatic heterocycles. The lowest BCUT2D eigenvalue weighted by Crippen LogP contribution is -2.24. The van der Waals surface area contributed by atoms with Crippen molar-refractivity contribution in [2.75, 3.05) is 0 Å². The van der Waals surface area contributed by atoms with E-state index in [0.29, 0.717) is 5.57 Å². The maximum absolute atomic E-state index is 6.04. The van der Waals surface area contributed by atoms with Gasteiger partial charge in [-0.05, 0) is 12.5 Å². The molecule has 0 N–H and O–H groups in total. The van der Waals surface area contributed by atoms with Crippen molar-refractivity contribution >= 4 is 46.4 Å². The van der Waals surface area contributed by atoms with Crippen LogP contribution >= 0.6 is 46.4 Å². The average Bonchev–Trinajstić information content (AvgIpc) is 2.13. The Hall–Kier alpha value is 0.380. The maximum Gasteiger partial charge on any atom is 0.132 e. The molecule has 0 aromatic rings. The van der Waals surface area contributed by atoms with Gasteiger partial charge in [-0.2, -0.15) is 0 Å². The van der Waals surface area contributed by atoms with Crippen molar-refractivity contribution in [1.82, 2.24) is 0 Å². The van der Waals surface area contributed by atoms with Crippen molar-refractivity contribution in [3.63, 3.8) is 0 Å². The largest absolute Gasteiger partial charge is 0.132 e. The minimum absolute atomic E-state index is 0.384. The Morgan fingerprint density at radius 2 is 1.86 bits per heavy atom. The van der Waals surface area contributed by atoms with Gasteiger partial charge in [0.1, 0.15) is 4.84 Å². The van der Waals surface area contributed by atoms with Crippen molar-refractivity contribution in [2.45, 2.75) is 22.0 Å². The molecule has 0 radical (unpaired) electrons. The Morgan fingerprint density at radius 3 is 2.21 bits per heavy atom. The lowest BCUT2D eigenvalue weighted by atomic mass is 10.1. The van der Waals surface area contributed by atoms with E-state index in [-0.39, 0.29) is 5.38 Å². The van der Waals surface area contributed by atoms with Gasteiger partial charge in [-0.25, -0.2) is 0 Å². The minimum atomic E-state index is -0.688. The average molecular weight is 274 g/mol. The van der Waals surface area contributed by atoms with Crippen LogP contribution in [-0.4, -0.2) is 15.1 Å². The molecule has 2 atom stereocenters. The van der Waals surface area contributed by atoms with Gasteiger partial charge in [-0.15, -0.1) is 53.0 Å². The lowest BCUT2D eigenvalue weighted by molar-refractivity contribution is 0.801. The normalized spacial score (nSPS) is 18.1. The van der Waals surface area contributed by atoms with E-state index in [9.17, 15) is 0 Å². The molecule has 14 heavy (non-hydrogen) atoms. The van der Waals surface area contributed by atoms with Gasteiger partial charge < -0.3 is 0 Å². The van der Waals surface area contributed by atoms with Gasteiger partial charge in [0.25, 0.3) is 0 Å². The van der Waals surface area contributed by atoms with Crippen molar-refractivity contribution in [3.8, 4) is 0 Å². The van der Waals surface area contributed by atoms with Gasteiger partial charge in [0.05, 0.1) is 10.3 Å². The van der Waals surface area contributed by atoms with E-state index in [4.69, 9.17) is 46.4 Å². The molecule has 0 bridgehead atoms. The second-order valence-electron chi connectivity index (χ2n) is 2.99. The molecule has 0 aromatic heterocycles. The van der Waals surface area contributed by atoms with E-state index in [0.717, 1.165) is 0 Å². The highest BCUT2D eigenvalue weighted by atomic mass is 35.5. The van der Waals surface area contributed by atoms with Crippen molar-refractivity contribution < 1.29 is 0 Å². The molecule has 0 heterocycles. The second kappa shape index (κ2) is 6.07. The first kappa shape index (κ1) is 14.4. The topological polar surface area (TPSA) is 0 Å². The smallest absolute Gasteiger partial charge is 0.116 e. The maximum atomic E-state index is 6.04. The van der Waals surface area contributed by atoms with Crippen LogP contribution in [0, 0.1) is 0 Å². The van der Waals surface area contributed by atoms with Gasteiger partial charge in [0, 0.05) is 0 Å². The quantitative estimate of drug-likeness (QED) is 0.387. The van der Waals surface area contributed by atoms with E-state index in [2.05, 4.69) is 13.2 Å². The van der Waals surface area contributed by atoms with Crippen molar-refractivity contribution in [2.24, 2.45) is 0 Å². The van der Waals surface area contributed by atoms with Crippen LogP contribution in [-0.2, 0) is 0 Å². The molecular formula is C10H12Cl4. The summed E-state index contributed by atoms with van der Waals surface area (Å²) >= 11 is 23.2. The molecule has 0 saturated heterocycles. The first-order valence-electron chi connectivity index (χ1n) is 3.93. The highest BCUT2D eigenvalue weighted by Crippen LogP contribution is 2.27. The summed E-state index contributed by atoms with van der Waals surface area (Å²) in [7, 11) is 0. The number of hydrogen-bond donors (Lipinski definition) is 0. The fourth-order valence-corrected chi connectivity index (χ4v) is 0.962. The second-order valence-corrected chi connectivity index (χ2v) is 5.37. The number of halogens is 4. The zero-order valence-corrected chi connectivity index (χ0v) is 10.8. The van der Waals surface area contributed by atoms with Crippen LogP contribution in [0.3, 0.4) is 0 Å². The number of allylic oxidation sites excluding steroid dienone is 4. The molecule has 0 spiro atoms. The van der Waals surface area contributed by atoms with Crippen LogP contribution < -0.4 is 0 Å². The summed E-state index contributed by atoms with van der Waals surface area (Å²) in [5, 5.41) is -0.384. The van der Waals surface area contributed by atoms with Crippen molar-refractivity contribution in [3.05, 3.63) is 37.0 Å². The zero-order chi connectivity index (χ0) is 11.4. The van der Waals surface area contributed by atoms with Gasteiger partial charge >= 0.3 is 0 Å². The predicted octanol–water partition coefficient (Wildman–Crippen LogP) is 4.69. The summed E-state index contributed by atoms with van der Waals surface area (Å²) in [4.78, 5) is -1.31. The summed E-state index contributed by atoms with van der Waals surface area (Å²) in [6.07, 6.45) is 4.93. The summed E-state index contributed by atoms with van der Waals surface area (Å²) in [6.45, 7) is 9.02. The number of alkyl halides is 4. The molecular weight excluding hydrogens is 262 g/mol. The van der Waals surface area contributed by atoms with E-state index in [1.165, 1.54) is 0 Å². The van der Waals surface area contributed by atoms with Crippen LogP contribution in [0.5, 0.6) is 0 Å². The van der Waals surface area contributed by atoms with Gasteiger partial charge in [-0.1, -0.05) is 24.8 Å². The molecule has 80 valence electrons. The fourth-order valence-electron chi connectivity index (χ4n) is 0.582. The first-order chi connectivity index (χ1) is 6.31. The van der Waals surface area contributed by atoms with E-state index >= 15 is 0 Å². The number of hydrogen-bond acceptors (Lipinski definition) is 0. The third-order valence-corrected chi connectivity index (χ3v) is 3.36. The Balaban J connectivity index is 4.39. The highest BCUT2D eigenvalue weighted by molar-refractivity contribution is 6.46. The Labute approximate surface area is 105 Å². The molecule has 0 aliphatic carbocycles. The third kappa shape index (κ3) is 4.75. The molecule has 0 aliphatic rings. The minimum Gasteiger partial charge on any atom is -0.116 e. The van der Waals surface area contributed by atoms with Crippen LogP contribution in [0.25, 0.3) is 0 Å². The van der Waals surface area contributed by atoms with Gasteiger partial charge in [0.15, 0.2) is 0 Å². The lowest BCUT2D eigenvalue weighted by Gasteiger charge is -2.20. The van der Waals surface area contributed by atoms with E-state index < -0.39 is 9.71 Å². The van der Waals surface area contributed by atoms with Crippen LogP contribution in [0.1, 0.15) is 6.92 Å². The molecule has 0 amide bonds. The van der Waals surface area contributed by atoms with E-state index in [1.54, 1.807) is 25.2 Å². The SMILES string of the molecule is C=C[C@@](C)(Cl)[C@H](Cl)C=CC(=C)C(Cl)Cl. The fraction of sp³-hybridized carbons (Fsp3) is 0.400. The number of rotatable bonds is 5. The monoisotopic (exact) mass is 272 g/mol. The van der Waals surface area contributed by atoms with Gasteiger partial charge in [-0.3, -0.25) is 0 Å². The molecule has 0 nitrogen and oxygen atoms in total. The summed E-state index contributed by atoms with van der Waals surface area (Å²) in [6, 6.07) is 0. The Bertz CT molecular complexity index is 241. The molecule has 0 saturated carbocycles. The first-order valence-corrected chi connectivity index (χ1v) is 5.61. The standard InChI is InChI=1S/C10H12Cl4/c1-4-10(3,14)8(11)6-5-7(2)9(12)13/h4-6,8-9H,1-2H2,3H3/t8-,10-/m1/s1. The van der Waals surface area contributed by atoms with Crippen LogP contribution in [0.4, 0.5) is 0 Å². The molecule has 0 unspecified atom stereocenters. The molecule has 0 rings (SSSR count). The molecule has 0 aromatic carbocycles. The summed E-state index contributed by atoms with van der Waals surface area (Å²) in [5.74, 6) is 0. The van der Waals surface area contributed by atoms with Gasteiger partial charge in [0.2, 0.25) is 0 Å². The zero-order valence-electron chi connectivity index (χ0n) is 7.81. The van der Waals surface area contributed by atoms with Crippen molar-refractivity contribution in [1.29, 1.82) is 0 Å². The molecule has 4 heteroatoms. The Morgan fingerprint density at radius 1 is 1.36 bits per heavy atom. The molecule has 0 fully saturated rings. The van der Waals surface area contributed by atoms with Crippen LogP contribution in [0.15, 0.2) is 37.0 Å².